The van der Waals surface area contributed by atoms with Crippen LogP contribution in [-0.2, 0) is 25.2 Å². The van der Waals surface area contributed by atoms with Crippen LogP contribution in [0.2, 0.25) is 5.02 Å². The molecule has 3 aromatic rings. The molecular weight excluding hydrogens is 670 g/mol. The van der Waals surface area contributed by atoms with Crippen molar-refractivity contribution in [3.05, 3.63) is 76.3 Å². The summed E-state index contributed by atoms with van der Waals surface area (Å²) in [6.07, 6.45) is -7.27. The van der Waals surface area contributed by atoms with Crippen LogP contribution in [0.3, 0.4) is 0 Å². The van der Waals surface area contributed by atoms with Crippen molar-refractivity contribution in [2.24, 2.45) is 0 Å². The summed E-state index contributed by atoms with van der Waals surface area (Å²) in [7, 11) is 0.142. The van der Waals surface area contributed by atoms with Gasteiger partial charge in [0.2, 0.25) is 5.91 Å². The molecule has 3 atom stereocenters. The topological polar surface area (TPSA) is 106 Å². The van der Waals surface area contributed by atoms with Crippen molar-refractivity contribution >= 4 is 39.1 Å². The normalized spacial score (nSPS) is 21.5. The minimum Gasteiger partial charge on any atom is -0.497 e. The third-order valence-corrected chi connectivity index (χ3v) is 10.1. The molecule has 252 valence electrons. The lowest BCUT2D eigenvalue weighted by atomic mass is 9.80. The second-order valence-corrected chi connectivity index (χ2v) is 13.4. The zero-order valence-electron chi connectivity index (χ0n) is 25.8. The van der Waals surface area contributed by atoms with Crippen LogP contribution in [-0.4, -0.2) is 83.5 Å². The lowest BCUT2D eigenvalue weighted by molar-refractivity contribution is -0.275. The molecule has 16 heteroatoms. The van der Waals surface area contributed by atoms with Gasteiger partial charge in [-0.1, -0.05) is 23.2 Å². The molecule has 0 radical (unpaired) electrons. The number of alkyl halides is 4. The standard InChI is InChI=1S/C31H30ClF4N3O7S/c1-17-6-10-25(45-5)22(12-17)30(38-16-19(33)14-24(38)28(40)37(2)3)21-13-18(32)7-9-23(21)39(29(30)41)47(42,43)27-11-8-20(44-4)15-26(27)46-31(34,35)36/h6-13,15,19,24H,14,16H2,1-5H3/t19-,24+,30?/m1/s1. The SMILES string of the molecule is COc1ccc(S(=O)(=O)N2C(=O)C(c3cc(C)ccc3OC)(N3C[C@H](F)C[C@H]3C(=O)N(C)C)c3cc(Cl)ccc32)c(OC(F)(F)F)c1. The average Bonchev–Trinajstić information content (AvgIpc) is 3.50. The monoisotopic (exact) mass is 699 g/mol. The number of methoxy groups -OCH3 is 2. The number of halogens is 5. The summed E-state index contributed by atoms with van der Waals surface area (Å²) in [5, 5.41) is 0.0591. The number of rotatable bonds is 8. The number of aryl methyl sites for hydroxylation is 1. The quantitative estimate of drug-likeness (QED) is 0.301. The molecular formula is C31H30ClF4N3O7S. The van der Waals surface area contributed by atoms with Crippen molar-refractivity contribution in [3.8, 4) is 17.2 Å². The number of ether oxygens (including phenoxy) is 3. The Labute approximate surface area is 273 Å². The lowest BCUT2D eigenvalue weighted by Gasteiger charge is -2.42. The van der Waals surface area contributed by atoms with Gasteiger partial charge < -0.3 is 19.1 Å². The van der Waals surface area contributed by atoms with Gasteiger partial charge in [-0.15, -0.1) is 13.2 Å². The first-order chi connectivity index (χ1) is 22.0. The van der Waals surface area contributed by atoms with E-state index in [1.54, 1.807) is 19.1 Å². The predicted molar refractivity (Wildman–Crippen MR) is 163 cm³/mol. The van der Waals surface area contributed by atoms with Gasteiger partial charge in [-0.2, -0.15) is 0 Å². The van der Waals surface area contributed by atoms with Crippen molar-refractivity contribution in [2.45, 2.75) is 42.4 Å². The highest BCUT2D eigenvalue weighted by atomic mass is 35.5. The van der Waals surface area contributed by atoms with Crippen LogP contribution >= 0.6 is 11.6 Å². The molecule has 2 aliphatic rings. The van der Waals surface area contributed by atoms with E-state index in [0.717, 1.165) is 25.3 Å². The van der Waals surface area contributed by atoms with Crippen LogP contribution < -0.4 is 18.5 Å². The largest absolute Gasteiger partial charge is 0.573 e. The van der Waals surface area contributed by atoms with E-state index in [-0.39, 0.29) is 39.8 Å². The molecule has 2 heterocycles. The van der Waals surface area contributed by atoms with Gasteiger partial charge in [-0.05, 0) is 49.4 Å². The number of likely N-dealkylation sites (tertiary alicyclic amines) is 1. The number of likely N-dealkylation sites (N-methyl/N-ethyl adjacent to an activating group) is 1. The highest BCUT2D eigenvalue weighted by molar-refractivity contribution is 7.93. The van der Waals surface area contributed by atoms with E-state index in [4.69, 9.17) is 21.1 Å². The highest BCUT2D eigenvalue weighted by Gasteiger charge is 2.64. The predicted octanol–water partition coefficient (Wildman–Crippen LogP) is 5.04. The fourth-order valence-corrected chi connectivity index (χ4v) is 7.93. The Morgan fingerprint density at radius 2 is 1.70 bits per heavy atom. The molecule has 1 fully saturated rings. The Hall–Kier alpha value is -4.08. The van der Waals surface area contributed by atoms with Gasteiger partial charge in [0.1, 0.15) is 22.6 Å². The third-order valence-electron chi connectivity index (χ3n) is 8.11. The number of carbonyl (C=O) groups excluding carboxylic acids is 2. The Bertz CT molecular complexity index is 1860. The van der Waals surface area contributed by atoms with Crippen LogP contribution in [0.15, 0.2) is 59.5 Å². The summed E-state index contributed by atoms with van der Waals surface area (Å²) >= 11 is 6.45. The molecule has 10 nitrogen and oxygen atoms in total. The highest BCUT2D eigenvalue weighted by Crippen LogP contribution is 2.55. The number of nitrogens with zero attached hydrogens (tertiary/aromatic N) is 3. The molecule has 0 aromatic heterocycles. The number of hydrogen-bond acceptors (Lipinski definition) is 8. The van der Waals surface area contributed by atoms with E-state index in [2.05, 4.69) is 4.74 Å². The Kier molecular flexibility index (Phi) is 8.88. The lowest BCUT2D eigenvalue weighted by Crippen LogP contribution is -2.59. The summed E-state index contributed by atoms with van der Waals surface area (Å²) in [6.45, 7) is 1.21. The third kappa shape index (κ3) is 5.74. The average molecular weight is 700 g/mol. The molecule has 1 saturated heterocycles. The second kappa shape index (κ2) is 12.2. The molecule has 0 spiro atoms. The van der Waals surface area contributed by atoms with Crippen molar-refractivity contribution in [1.29, 1.82) is 0 Å². The van der Waals surface area contributed by atoms with E-state index in [1.165, 1.54) is 55.3 Å². The van der Waals surface area contributed by atoms with Gasteiger partial charge in [0, 0.05) is 49.3 Å². The fraction of sp³-hybridized carbons (Fsp3) is 0.355. The molecule has 0 aliphatic carbocycles. The number of benzene rings is 3. The number of amides is 2. The molecule has 3 aromatic carbocycles. The summed E-state index contributed by atoms with van der Waals surface area (Å²) in [5.41, 5.74) is -1.94. The zero-order valence-corrected chi connectivity index (χ0v) is 27.3. The van der Waals surface area contributed by atoms with Crippen LogP contribution in [0.1, 0.15) is 23.1 Å². The van der Waals surface area contributed by atoms with Crippen molar-refractivity contribution < 1.29 is 49.8 Å². The van der Waals surface area contributed by atoms with Gasteiger partial charge in [0.05, 0.1) is 25.9 Å². The van der Waals surface area contributed by atoms with Crippen LogP contribution in [0.4, 0.5) is 23.2 Å². The summed E-state index contributed by atoms with van der Waals surface area (Å²) in [4.78, 5) is 30.3. The van der Waals surface area contributed by atoms with E-state index in [1.807, 2.05) is 0 Å². The van der Waals surface area contributed by atoms with Crippen LogP contribution in [0.5, 0.6) is 17.2 Å². The molecule has 2 amide bonds. The summed E-state index contributed by atoms with van der Waals surface area (Å²) in [6, 6.07) is 9.95. The number of hydrogen-bond donors (Lipinski definition) is 0. The smallest absolute Gasteiger partial charge is 0.497 e. The van der Waals surface area contributed by atoms with E-state index in [0.29, 0.717) is 9.87 Å². The van der Waals surface area contributed by atoms with Crippen molar-refractivity contribution in [1.82, 2.24) is 9.80 Å². The first kappa shape index (κ1) is 34.3. The fourth-order valence-electron chi connectivity index (χ4n) is 6.20. The number of sulfonamides is 1. The molecule has 0 saturated carbocycles. The Morgan fingerprint density at radius 1 is 1.00 bits per heavy atom. The van der Waals surface area contributed by atoms with Crippen LogP contribution in [0.25, 0.3) is 0 Å². The molecule has 1 unspecified atom stereocenters. The zero-order chi connectivity index (χ0) is 34.6. The van der Waals surface area contributed by atoms with Gasteiger partial charge in [0.15, 0.2) is 11.3 Å². The molecule has 2 aliphatic heterocycles. The van der Waals surface area contributed by atoms with E-state index in [9.17, 15) is 26.4 Å². The summed E-state index contributed by atoms with van der Waals surface area (Å²) in [5.74, 6) is -3.00. The Morgan fingerprint density at radius 3 is 2.32 bits per heavy atom. The number of carbonyl (C=O) groups is 2. The Balaban J connectivity index is 1.87. The molecule has 0 bridgehead atoms. The summed E-state index contributed by atoms with van der Waals surface area (Å²) < 4.78 is 100. The van der Waals surface area contributed by atoms with Gasteiger partial charge in [-0.25, -0.2) is 17.1 Å². The van der Waals surface area contributed by atoms with E-state index >= 15 is 9.18 Å². The maximum Gasteiger partial charge on any atom is 0.573 e. The first-order valence-electron chi connectivity index (χ1n) is 14.1. The number of fused-ring (bicyclic) bond motifs is 1. The molecule has 5 rings (SSSR count). The van der Waals surface area contributed by atoms with E-state index < -0.39 is 63.1 Å². The second-order valence-electron chi connectivity index (χ2n) is 11.2. The van der Waals surface area contributed by atoms with Crippen LogP contribution in [0, 0.1) is 6.92 Å². The number of anilines is 1. The maximum atomic E-state index is 15.5. The molecule has 0 N–H and O–H groups in total. The van der Waals surface area contributed by atoms with Gasteiger partial charge in [-0.3, -0.25) is 14.5 Å². The maximum absolute atomic E-state index is 15.5. The van der Waals surface area contributed by atoms with Crippen molar-refractivity contribution in [2.75, 3.05) is 39.2 Å². The van der Waals surface area contributed by atoms with Gasteiger partial charge >= 0.3 is 6.36 Å². The first-order valence-corrected chi connectivity index (χ1v) is 15.9. The van der Waals surface area contributed by atoms with Gasteiger partial charge in [0.25, 0.3) is 15.9 Å². The minimum atomic E-state index is -5.32. The van der Waals surface area contributed by atoms with Crippen molar-refractivity contribution in [3.63, 3.8) is 0 Å². The molecule has 47 heavy (non-hydrogen) atoms. The minimum absolute atomic E-state index is 0.0556.